The first-order valence-electron chi connectivity index (χ1n) is 15.1. The molecule has 0 bridgehead atoms. The maximum atomic E-state index is 13.1. The van der Waals surface area contributed by atoms with Crippen LogP contribution in [0.15, 0.2) is 18.2 Å². The molecule has 0 aliphatic carbocycles. The highest BCUT2D eigenvalue weighted by atomic mass is 35.5. The summed E-state index contributed by atoms with van der Waals surface area (Å²) in [6.45, 7) is -0.982. The number of nitrogens with one attached hydrogen (secondary N) is 8. The summed E-state index contributed by atoms with van der Waals surface area (Å²) in [6, 6.07) is 0.750. The minimum absolute atomic E-state index is 0.0512. The van der Waals surface area contributed by atoms with Crippen LogP contribution in [0.4, 0.5) is 0 Å². The second-order valence-electron chi connectivity index (χ2n) is 10.9. The van der Waals surface area contributed by atoms with Gasteiger partial charge in [0.2, 0.25) is 53.2 Å². The first kappa shape index (κ1) is 40.2. The van der Waals surface area contributed by atoms with Crippen LogP contribution >= 0.6 is 23.2 Å². The Hall–Kier alpha value is -4.97. The standard InChI is InChI=1S/C29H39Cl2N9O9/c1-15(41)34-12-24(44)39-20-6-7-22(42)33-8-2-3-19(27(32)47)38-25(45)13-35-23(43)11-36-29(49)21(40-26(46)14-37-28(20)48)9-16-4-5-17(30)10-18(16)31/h4-5,10,19-21H,2-3,6-9,11-14H2,1H3,(H2,32,47)(H,33,42)(H,34,41)(H,35,43)(H,36,49)(H,37,48)(H,38,45)(H,39,44)(H,40,46). The van der Waals surface area contributed by atoms with Crippen molar-refractivity contribution in [3.05, 3.63) is 33.8 Å². The van der Waals surface area contributed by atoms with Gasteiger partial charge in [0.25, 0.3) is 0 Å². The molecule has 49 heavy (non-hydrogen) atoms. The van der Waals surface area contributed by atoms with Gasteiger partial charge in [-0.3, -0.25) is 43.2 Å². The summed E-state index contributed by atoms with van der Waals surface area (Å²) in [5.74, 6) is -6.58. The van der Waals surface area contributed by atoms with Gasteiger partial charge in [-0.15, -0.1) is 0 Å². The van der Waals surface area contributed by atoms with Gasteiger partial charge in [-0.1, -0.05) is 29.3 Å². The fourth-order valence-corrected chi connectivity index (χ4v) is 4.82. The minimum Gasteiger partial charge on any atom is -0.368 e. The van der Waals surface area contributed by atoms with Crippen molar-refractivity contribution in [2.24, 2.45) is 5.73 Å². The van der Waals surface area contributed by atoms with E-state index < -0.39 is 97.5 Å². The first-order valence-corrected chi connectivity index (χ1v) is 15.8. The molecule has 3 unspecified atom stereocenters. The number of hydrogen-bond acceptors (Lipinski definition) is 9. The molecule has 0 spiro atoms. The lowest BCUT2D eigenvalue weighted by Crippen LogP contribution is -2.54. The number of rotatable bonds is 6. The molecule has 9 amide bonds. The van der Waals surface area contributed by atoms with Gasteiger partial charge < -0.3 is 48.3 Å². The molecule has 1 aromatic carbocycles. The number of benzene rings is 1. The Bertz CT molecular complexity index is 1440. The van der Waals surface area contributed by atoms with Crippen LogP contribution in [-0.2, 0) is 49.6 Å². The molecule has 1 aliphatic rings. The highest BCUT2D eigenvalue weighted by Gasteiger charge is 2.26. The Labute approximate surface area is 291 Å². The molecule has 0 saturated carbocycles. The fourth-order valence-electron chi connectivity index (χ4n) is 4.33. The molecule has 20 heteroatoms. The zero-order chi connectivity index (χ0) is 36.5. The molecule has 10 N–H and O–H groups in total. The van der Waals surface area contributed by atoms with Crippen LogP contribution in [0.2, 0.25) is 10.0 Å². The van der Waals surface area contributed by atoms with Gasteiger partial charge in [0.1, 0.15) is 18.1 Å². The smallest absolute Gasteiger partial charge is 0.243 e. The van der Waals surface area contributed by atoms with Gasteiger partial charge >= 0.3 is 0 Å². The average Bonchev–Trinajstić information content (AvgIpc) is 3.03. The lowest BCUT2D eigenvalue weighted by molar-refractivity contribution is -0.132. The second kappa shape index (κ2) is 20.4. The highest BCUT2D eigenvalue weighted by molar-refractivity contribution is 6.35. The number of carbonyl (C=O) groups is 9. The molecular weight excluding hydrogens is 689 g/mol. The summed E-state index contributed by atoms with van der Waals surface area (Å²) in [5, 5.41) is 19.6. The van der Waals surface area contributed by atoms with Gasteiger partial charge in [-0.05, 0) is 37.0 Å². The Morgan fingerprint density at radius 2 is 1.49 bits per heavy atom. The van der Waals surface area contributed by atoms with E-state index in [0.717, 1.165) is 0 Å². The van der Waals surface area contributed by atoms with Crippen molar-refractivity contribution in [3.8, 4) is 0 Å². The summed E-state index contributed by atoms with van der Waals surface area (Å²) in [6.07, 6.45) is -0.337. The molecule has 268 valence electrons. The van der Waals surface area contributed by atoms with E-state index in [1.165, 1.54) is 25.1 Å². The van der Waals surface area contributed by atoms with Gasteiger partial charge in [-0.25, -0.2) is 0 Å². The van der Waals surface area contributed by atoms with E-state index in [2.05, 4.69) is 42.5 Å². The van der Waals surface area contributed by atoms with E-state index in [4.69, 9.17) is 28.9 Å². The van der Waals surface area contributed by atoms with E-state index in [-0.39, 0.29) is 43.7 Å². The number of halogens is 2. The topological polar surface area (TPSA) is 276 Å². The third-order valence-corrected chi connectivity index (χ3v) is 7.45. The maximum Gasteiger partial charge on any atom is 0.243 e. The van der Waals surface area contributed by atoms with Crippen molar-refractivity contribution < 1.29 is 43.2 Å². The van der Waals surface area contributed by atoms with Crippen LogP contribution < -0.4 is 48.3 Å². The predicted octanol–water partition coefficient (Wildman–Crippen LogP) is -3.35. The van der Waals surface area contributed by atoms with Crippen LogP contribution in [0.1, 0.15) is 38.2 Å². The molecule has 1 aliphatic heterocycles. The number of primary amides is 1. The van der Waals surface area contributed by atoms with Crippen LogP contribution in [0.3, 0.4) is 0 Å². The molecule has 3 atom stereocenters. The van der Waals surface area contributed by atoms with Crippen LogP contribution in [0.5, 0.6) is 0 Å². The van der Waals surface area contributed by atoms with Gasteiger partial charge in [0, 0.05) is 36.4 Å². The van der Waals surface area contributed by atoms with E-state index in [0.29, 0.717) is 10.6 Å². The summed E-state index contributed by atoms with van der Waals surface area (Å²) < 4.78 is 0. The molecule has 1 aromatic rings. The van der Waals surface area contributed by atoms with Crippen molar-refractivity contribution in [3.63, 3.8) is 0 Å². The Morgan fingerprint density at radius 3 is 2.16 bits per heavy atom. The van der Waals surface area contributed by atoms with Gasteiger partial charge in [0.05, 0.1) is 26.2 Å². The van der Waals surface area contributed by atoms with Crippen molar-refractivity contribution >= 4 is 76.4 Å². The minimum atomic E-state index is -1.31. The van der Waals surface area contributed by atoms with Crippen LogP contribution in [-0.4, -0.2) is 104 Å². The van der Waals surface area contributed by atoms with Crippen molar-refractivity contribution in [1.29, 1.82) is 0 Å². The third-order valence-electron chi connectivity index (χ3n) is 6.86. The van der Waals surface area contributed by atoms with Gasteiger partial charge in [0.15, 0.2) is 0 Å². The lowest BCUT2D eigenvalue weighted by atomic mass is 10.0. The predicted molar refractivity (Wildman–Crippen MR) is 174 cm³/mol. The summed E-state index contributed by atoms with van der Waals surface area (Å²) >= 11 is 12.2. The van der Waals surface area contributed by atoms with Crippen molar-refractivity contribution in [2.75, 3.05) is 32.7 Å². The fraction of sp³-hybridized carbons (Fsp3) is 0.483. The van der Waals surface area contributed by atoms with Crippen LogP contribution in [0.25, 0.3) is 0 Å². The number of carbonyl (C=O) groups excluding carboxylic acids is 9. The normalized spacial score (nSPS) is 21.0. The summed E-state index contributed by atoms with van der Waals surface area (Å²) in [4.78, 5) is 112. The number of nitrogens with two attached hydrogens (primary N) is 1. The monoisotopic (exact) mass is 727 g/mol. The second-order valence-corrected chi connectivity index (χ2v) is 11.7. The van der Waals surface area contributed by atoms with E-state index in [1.807, 2.05) is 0 Å². The SMILES string of the molecule is CC(=O)NCC(=O)NC1CCC(=O)NCCCC(C(N)=O)NC(=O)CNC(=O)CNC(=O)C(Cc2ccc(Cl)cc2Cl)NC(=O)CNC1=O. The first-order chi connectivity index (χ1) is 23.1. The van der Waals surface area contributed by atoms with E-state index in [1.54, 1.807) is 0 Å². The number of hydrogen-bond donors (Lipinski definition) is 9. The zero-order valence-corrected chi connectivity index (χ0v) is 28.1. The largest absolute Gasteiger partial charge is 0.368 e. The molecule has 0 aromatic heterocycles. The molecular formula is C29H39Cl2N9O9. The Kier molecular flexibility index (Phi) is 16.7. The quantitative estimate of drug-likeness (QED) is 0.141. The summed E-state index contributed by atoms with van der Waals surface area (Å²) in [5.41, 5.74) is 5.79. The van der Waals surface area contributed by atoms with Crippen molar-refractivity contribution in [1.82, 2.24) is 42.5 Å². The van der Waals surface area contributed by atoms with Crippen LogP contribution in [0, 0.1) is 0 Å². The maximum absolute atomic E-state index is 13.1. The van der Waals surface area contributed by atoms with E-state index >= 15 is 0 Å². The van der Waals surface area contributed by atoms with E-state index in [9.17, 15) is 43.2 Å². The average molecular weight is 729 g/mol. The Balaban J connectivity index is 2.27. The molecule has 1 saturated heterocycles. The highest BCUT2D eigenvalue weighted by Crippen LogP contribution is 2.22. The number of amides is 9. The lowest BCUT2D eigenvalue weighted by Gasteiger charge is -2.21. The zero-order valence-electron chi connectivity index (χ0n) is 26.5. The Morgan fingerprint density at radius 1 is 0.837 bits per heavy atom. The van der Waals surface area contributed by atoms with Crippen molar-refractivity contribution in [2.45, 2.75) is 57.2 Å². The molecule has 0 radical (unpaired) electrons. The summed E-state index contributed by atoms with van der Waals surface area (Å²) in [7, 11) is 0. The molecule has 1 heterocycles. The molecule has 2 rings (SSSR count). The molecule has 1 fully saturated rings. The van der Waals surface area contributed by atoms with Gasteiger partial charge in [-0.2, -0.15) is 0 Å². The third kappa shape index (κ3) is 15.7. The molecule has 18 nitrogen and oxygen atoms in total.